The van der Waals surface area contributed by atoms with Crippen molar-refractivity contribution in [3.8, 4) is 0 Å². The molecule has 0 saturated carbocycles. The first kappa shape index (κ1) is 11.0. The molecule has 0 heterocycles. The molecule has 0 aromatic heterocycles. The SMILES string of the molecule is C[C@@H](O)c1cc(F)c(F)c(F)c1CN. The Kier molecular flexibility index (Phi) is 3.13. The normalized spacial score (nSPS) is 13.0. The first-order valence-corrected chi connectivity index (χ1v) is 4.03. The van der Waals surface area contributed by atoms with Crippen LogP contribution in [0.5, 0.6) is 0 Å². The van der Waals surface area contributed by atoms with E-state index in [0.29, 0.717) is 0 Å². The van der Waals surface area contributed by atoms with Gasteiger partial charge in [-0.2, -0.15) is 0 Å². The first-order valence-electron chi connectivity index (χ1n) is 4.03. The largest absolute Gasteiger partial charge is 0.389 e. The van der Waals surface area contributed by atoms with Crippen molar-refractivity contribution in [2.24, 2.45) is 5.73 Å². The molecule has 1 rings (SSSR count). The van der Waals surface area contributed by atoms with Crippen LogP contribution in [0.4, 0.5) is 13.2 Å². The maximum atomic E-state index is 13.1. The molecular weight excluding hydrogens is 195 g/mol. The zero-order valence-electron chi connectivity index (χ0n) is 7.52. The molecule has 14 heavy (non-hydrogen) atoms. The van der Waals surface area contributed by atoms with E-state index in [2.05, 4.69) is 0 Å². The van der Waals surface area contributed by atoms with Gasteiger partial charge in [0.15, 0.2) is 17.5 Å². The van der Waals surface area contributed by atoms with Crippen molar-refractivity contribution >= 4 is 0 Å². The number of benzene rings is 1. The van der Waals surface area contributed by atoms with Gasteiger partial charge in [-0.05, 0) is 18.6 Å². The molecule has 0 aliphatic heterocycles. The van der Waals surface area contributed by atoms with Gasteiger partial charge in [0.05, 0.1) is 6.10 Å². The summed E-state index contributed by atoms with van der Waals surface area (Å²) in [7, 11) is 0. The Morgan fingerprint density at radius 1 is 1.36 bits per heavy atom. The lowest BCUT2D eigenvalue weighted by molar-refractivity contribution is 0.196. The predicted octanol–water partition coefficient (Wildman–Crippen LogP) is 1.62. The average molecular weight is 205 g/mol. The summed E-state index contributed by atoms with van der Waals surface area (Å²) >= 11 is 0. The summed E-state index contributed by atoms with van der Waals surface area (Å²) < 4.78 is 38.6. The minimum Gasteiger partial charge on any atom is -0.389 e. The molecule has 0 fully saturated rings. The van der Waals surface area contributed by atoms with Crippen LogP contribution in [0.25, 0.3) is 0 Å². The third-order valence-electron chi connectivity index (χ3n) is 1.95. The number of halogens is 3. The maximum absolute atomic E-state index is 13.1. The van der Waals surface area contributed by atoms with Gasteiger partial charge in [-0.1, -0.05) is 0 Å². The fourth-order valence-corrected chi connectivity index (χ4v) is 1.23. The number of hydrogen-bond donors (Lipinski definition) is 2. The number of nitrogens with two attached hydrogens (primary N) is 1. The van der Waals surface area contributed by atoms with Crippen molar-refractivity contribution in [1.82, 2.24) is 0 Å². The molecule has 3 N–H and O–H groups in total. The van der Waals surface area contributed by atoms with E-state index in [9.17, 15) is 13.2 Å². The molecule has 78 valence electrons. The average Bonchev–Trinajstić information content (AvgIpc) is 2.13. The lowest BCUT2D eigenvalue weighted by atomic mass is 10.0. The number of aliphatic hydroxyl groups is 1. The molecule has 0 aliphatic carbocycles. The molecule has 0 spiro atoms. The fraction of sp³-hybridized carbons (Fsp3) is 0.333. The third kappa shape index (κ3) is 1.73. The van der Waals surface area contributed by atoms with Crippen LogP contribution in [-0.2, 0) is 6.54 Å². The highest BCUT2D eigenvalue weighted by Gasteiger charge is 2.19. The van der Waals surface area contributed by atoms with E-state index in [0.717, 1.165) is 6.07 Å². The molecule has 0 amide bonds. The molecule has 0 bridgehead atoms. The topological polar surface area (TPSA) is 46.2 Å². The highest BCUT2D eigenvalue weighted by molar-refractivity contribution is 5.31. The molecule has 2 nitrogen and oxygen atoms in total. The Morgan fingerprint density at radius 2 is 1.93 bits per heavy atom. The first-order chi connectivity index (χ1) is 6.49. The van der Waals surface area contributed by atoms with Crippen LogP contribution in [0.1, 0.15) is 24.2 Å². The number of aliphatic hydroxyl groups excluding tert-OH is 1. The highest BCUT2D eigenvalue weighted by Crippen LogP contribution is 2.24. The van der Waals surface area contributed by atoms with E-state index in [4.69, 9.17) is 10.8 Å². The van der Waals surface area contributed by atoms with E-state index in [1.54, 1.807) is 0 Å². The Bertz CT molecular complexity index is 352. The second kappa shape index (κ2) is 3.98. The molecule has 0 aliphatic rings. The van der Waals surface area contributed by atoms with E-state index < -0.39 is 23.6 Å². The van der Waals surface area contributed by atoms with Crippen molar-refractivity contribution in [3.63, 3.8) is 0 Å². The molecular formula is C9H10F3NO. The predicted molar refractivity (Wildman–Crippen MR) is 44.8 cm³/mol. The second-order valence-corrected chi connectivity index (χ2v) is 2.93. The zero-order chi connectivity index (χ0) is 10.9. The molecule has 0 unspecified atom stereocenters. The van der Waals surface area contributed by atoms with Crippen LogP contribution in [0.2, 0.25) is 0 Å². The number of rotatable bonds is 2. The van der Waals surface area contributed by atoms with Crippen LogP contribution in [0, 0.1) is 17.5 Å². The van der Waals surface area contributed by atoms with Gasteiger partial charge in [-0.25, -0.2) is 13.2 Å². The Morgan fingerprint density at radius 3 is 2.36 bits per heavy atom. The number of hydrogen-bond acceptors (Lipinski definition) is 2. The van der Waals surface area contributed by atoms with Crippen LogP contribution in [0.15, 0.2) is 6.07 Å². The van der Waals surface area contributed by atoms with Gasteiger partial charge in [-0.3, -0.25) is 0 Å². The summed E-state index contributed by atoms with van der Waals surface area (Å²) in [4.78, 5) is 0. The van der Waals surface area contributed by atoms with E-state index in [1.807, 2.05) is 0 Å². The molecule has 0 radical (unpaired) electrons. The van der Waals surface area contributed by atoms with E-state index in [1.165, 1.54) is 6.92 Å². The monoisotopic (exact) mass is 205 g/mol. The molecule has 0 saturated heterocycles. The standard InChI is InChI=1S/C9H10F3NO/c1-4(14)5-2-7(10)9(12)8(11)6(5)3-13/h2,4,14H,3,13H2,1H3/t4-/m1/s1. The lowest BCUT2D eigenvalue weighted by Gasteiger charge is -2.12. The summed E-state index contributed by atoms with van der Waals surface area (Å²) in [6.45, 7) is 1.04. The van der Waals surface area contributed by atoms with Gasteiger partial charge in [0, 0.05) is 12.1 Å². The van der Waals surface area contributed by atoms with Gasteiger partial charge >= 0.3 is 0 Å². The van der Waals surface area contributed by atoms with Gasteiger partial charge < -0.3 is 10.8 Å². The van der Waals surface area contributed by atoms with Crippen molar-refractivity contribution in [1.29, 1.82) is 0 Å². The molecule has 1 aromatic rings. The smallest absolute Gasteiger partial charge is 0.194 e. The zero-order valence-corrected chi connectivity index (χ0v) is 7.52. The van der Waals surface area contributed by atoms with Gasteiger partial charge in [0.2, 0.25) is 0 Å². The van der Waals surface area contributed by atoms with Crippen LogP contribution in [-0.4, -0.2) is 5.11 Å². The van der Waals surface area contributed by atoms with Crippen LogP contribution < -0.4 is 5.73 Å². The highest BCUT2D eigenvalue weighted by atomic mass is 19.2. The summed E-state index contributed by atoms with van der Waals surface area (Å²) in [5.74, 6) is -4.21. The molecule has 1 atom stereocenters. The minimum atomic E-state index is -1.56. The van der Waals surface area contributed by atoms with Crippen molar-refractivity contribution in [2.75, 3.05) is 0 Å². The van der Waals surface area contributed by atoms with Crippen molar-refractivity contribution in [3.05, 3.63) is 34.6 Å². The van der Waals surface area contributed by atoms with E-state index in [-0.39, 0.29) is 17.7 Å². The summed E-state index contributed by atoms with van der Waals surface area (Å²) in [5, 5.41) is 9.16. The second-order valence-electron chi connectivity index (χ2n) is 2.93. The Hall–Kier alpha value is -1.07. The summed E-state index contributed by atoms with van der Waals surface area (Å²) in [5.41, 5.74) is 4.95. The Labute approximate surface area is 79.2 Å². The van der Waals surface area contributed by atoms with E-state index >= 15 is 0 Å². The van der Waals surface area contributed by atoms with Crippen LogP contribution >= 0.6 is 0 Å². The third-order valence-corrected chi connectivity index (χ3v) is 1.95. The Balaban J connectivity index is 3.43. The van der Waals surface area contributed by atoms with Gasteiger partial charge in [-0.15, -0.1) is 0 Å². The van der Waals surface area contributed by atoms with Gasteiger partial charge in [0.25, 0.3) is 0 Å². The minimum absolute atomic E-state index is 0.0242. The summed E-state index contributed by atoms with van der Waals surface area (Å²) in [6.07, 6.45) is -1.09. The molecule has 5 heteroatoms. The van der Waals surface area contributed by atoms with Crippen molar-refractivity contribution < 1.29 is 18.3 Å². The van der Waals surface area contributed by atoms with Gasteiger partial charge in [0.1, 0.15) is 0 Å². The van der Waals surface area contributed by atoms with Crippen molar-refractivity contribution in [2.45, 2.75) is 19.6 Å². The maximum Gasteiger partial charge on any atom is 0.194 e. The quantitative estimate of drug-likeness (QED) is 0.720. The fourth-order valence-electron chi connectivity index (χ4n) is 1.23. The molecule has 1 aromatic carbocycles. The van der Waals surface area contributed by atoms with Crippen LogP contribution in [0.3, 0.4) is 0 Å². The summed E-state index contributed by atoms with van der Waals surface area (Å²) in [6, 6.07) is 0.755. The lowest BCUT2D eigenvalue weighted by Crippen LogP contribution is -2.10.